The van der Waals surface area contributed by atoms with Gasteiger partial charge in [0.05, 0.1) is 16.9 Å². The molecule has 0 spiro atoms. The Labute approximate surface area is 137 Å². The Balaban J connectivity index is 1.92. The Hall–Kier alpha value is -1.40. The first-order valence-corrected chi connectivity index (χ1v) is 8.12. The topological polar surface area (TPSA) is 40.0 Å². The number of oxime groups is 1. The maximum absolute atomic E-state index is 14.6. The van der Waals surface area contributed by atoms with E-state index in [1.54, 1.807) is 0 Å². The molecule has 0 unspecified atom stereocenters. The largest absolute Gasteiger partial charge is 0.494 e. The van der Waals surface area contributed by atoms with Gasteiger partial charge in [-0.3, -0.25) is 0 Å². The molecule has 124 valence electrons. The van der Waals surface area contributed by atoms with Crippen molar-refractivity contribution in [3.63, 3.8) is 0 Å². The van der Waals surface area contributed by atoms with Crippen molar-refractivity contribution in [1.29, 1.82) is 0 Å². The summed E-state index contributed by atoms with van der Waals surface area (Å²) in [6.45, 7) is 10.3. The van der Waals surface area contributed by atoms with Crippen molar-refractivity contribution < 1.29 is 18.5 Å². The van der Waals surface area contributed by atoms with Crippen LogP contribution in [0, 0.1) is 5.82 Å². The summed E-state index contributed by atoms with van der Waals surface area (Å²) >= 11 is 0. The summed E-state index contributed by atoms with van der Waals surface area (Å²) in [6.07, 6.45) is 1.45. The predicted octanol–water partition coefficient (Wildman–Crippen LogP) is 2.81. The lowest BCUT2D eigenvalue weighted by Crippen LogP contribution is -2.41. The molecule has 1 aromatic carbocycles. The van der Waals surface area contributed by atoms with Gasteiger partial charge in [-0.25, -0.2) is 4.39 Å². The highest BCUT2D eigenvalue weighted by molar-refractivity contribution is 6.62. The molecule has 2 aliphatic rings. The predicted molar refractivity (Wildman–Crippen MR) is 88.6 cm³/mol. The SMILES string of the molecule is CCO/N=C1\CCc2cc(B3OC(C)(C)C(C)(C)O3)cc(F)c21. The van der Waals surface area contributed by atoms with Gasteiger partial charge in [-0.05, 0) is 64.6 Å². The second-order valence-electron chi connectivity index (χ2n) is 7.08. The van der Waals surface area contributed by atoms with Gasteiger partial charge in [0.15, 0.2) is 0 Å². The highest BCUT2D eigenvalue weighted by Crippen LogP contribution is 2.37. The molecule has 1 fully saturated rings. The quantitative estimate of drug-likeness (QED) is 0.635. The van der Waals surface area contributed by atoms with Gasteiger partial charge in [-0.15, -0.1) is 0 Å². The van der Waals surface area contributed by atoms with Crippen LogP contribution in [-0.4, -0.2) is 30.6 Å². The minimum Gasteiger partial charge on any atom is -0.399 e. The van der Waals surface area contributed by atoms with Crippen molar-refractivity contribution in [2.45, 2.75) is 58.7 Å². The molecule has 23 heavy (non-hydrogen) atoms. The summed E-state index contributed by atoms with van der Waals surface area (Å²) in [7, 11) is -0.548. The second-order valence-corrected chi connectivity index (χ2v) is 7.08. The van der Waals surface area contributed by atoms with E-state index in [2.05, 4.69) is 5.16 Å². The van der Waals surface area contributed by atoms with E-state index in [-0.39, 0.29) is 5.82 Å². The van der Waals surface area contributed by atoms with Crippen LogP contribution in [0.1, 0.15) is 52.2 Å². The molecule has 0 N–H and O–H groups in total. The van der Waals surface area contributed by atoms with E-state index in [9.17, 15) is 4.39 Å². The molecule has 3 rings (SSSR count). The van der Waals surface area contributed by atoms with Crippen molar-refractivity contribution in [1.82, 2.24) is 0 Å². The first-order chi connectivity index (χ1) is 10.7. The first-order valence-electron chi connectivity index (χ1n) is 8.12. The fourth-order valence-corrected chi connectivity index (χ4v) is 2.93. The highest BCUT2D eigenvalue weighted by atomic mass is 19.1. The van der Waals surface area contributed by atoms with Crippen molar-refractivity contribution in [3.05, 3.63) is 29.1 Å². The monoisotopic (exact) mass is 319 g/mol. The molecule has 1 heterocycles. The lowest BCUT2D eigenvalue weighted by atomic mass is 9.77. The van der Waals surface area contributed by atoms with Crippen LogP contribution in [0.2, 0.25) is 0 Å². The molecule has 0 atom stereocenters. The summed E-state index contributed by atoms with van der Waals surface area (Å²) < 4.78 is 26.6. The van der Waals surface area contributed by atoms with Gasteiger partial charge in [-0.1, -0.05) is 11.2 Å². The van der Waals surface area contributed by atoms with Crippen LogP contribution in [0.4, 0.5) is 4.39 Å². The Morgan fingerprint density at radius 2 is 1.83 bits per heavy atom. The van der Waals surface area contributed by atoms with E-state index in [0.717, 1.165) is 17.4 Å². The van der Waals surface area contributed by atoms with Crippen molar-refractivity contribution in [2.75, 3.05) is 6.61 Å². The third-order valence-corrected chi connectivity index (χ3v) is 4.94. The summed E-state index contributed by atoms with van der Waals surface area (Å²) in [6, 6.07) is 3.46. The van der Waals surface area contributed by atoms with Gasteiger partial charge in [-0.2, -0.15) is 0 Å². The second kappa shape index (κ2) is 5.60. The Kier molecular flexibility index (Phi) is 4.01. The van der Waals surface area contributed by atoms with E-state index in [1.165, 1.54) is 6.07 Å². The molecule has 0 saturated carbocycles. The zero-order valence-corrected chi connectivity index (χ0v) is 14.4. The van der Waals surface area contributed by atoms with E-state index in [1.807, 2.05) is 40.7 Å². The van der Waals surface area contributed by atoms with Gasteiger partial charge in [0.1, 0.15) is 12.4 Å². The highest BCUT2D eigenvalue weighted by Gasteiger charge is 2.52. The van der Waals surface area contributed by atoms with Crippen molar-refractivity contribution in [3.8, 4) is 0 Å². The molecule has 0 aromatic heterocycles. The maximum Gasteiger partial charge on any atom is 0.494 e. The fraction of sp³-hybridized carbons (Fsp3) is 0.588. The summed E-state index contributed by atoms with van der Waals surface area (Å²) in [5, 5.41) is 4.03. The number of nitrogens with zero attached hydrogens (tertiary/aromatic N) is 1. The number of hydrogen-bond donors (Lipinski definition) is 0. The Morgan fingerprint density at radius 1 is 1.17 bits per heavy atom. The molecule has 0 bridgehead atoms. The van der Waals surface area contributed by atoms with E-state index >= 15 is 0 Å². The van der Waals surface area contributed by atoms with Crippen LogP contribution in [0.5, 0.6) is 0 Å². The van der Waals surface area contributed by atoms with Crippen molar-refractivity contribution >= 4 is 18.3 Å². The molecule has 0 radical (unpaired) electrons. The molecule has 1 aromatic rings. The Morgan fingerprint density at radius 3 is 2.43 bits per heavy atom. The third-order valence-electron chi connectivity index (χ3n) is 4.94. The van der Waals surface area contributed by atoms with Gasteiger partial charge in [0, 0.05) is 5.56 Å². The lowest BCUT2D eigenvalue weighted by Gasteiger charge is -2.32. The number of rotatable bonds is 3. The molecule has 1 aliphatic heterocycles. The number of hydrogen-bond acceptors (Lipinski definition) is 4. The van der Waals surface area contributed by atoms with E-state index in [0.29, 0.717) is 24.3 Å². The minimum atomic E-state index is -0.548. The van der Waals surface area contributed by atoms with Gasteiger partial charge in [0.2, 0.25) is 0 Å². The average molecular weight is 319 g/mol. The maximum atomic E-state index is 14.6. The summed E-state index contributed by atoms with van der Waals surface area (Å²) in [5.74, 6) is -0.289. The van der Waals surface area contributed by atoms with Gasteiger partial charge < -0.3 is 14.1 Å². The van der Waals surface area contributed by atoms with Crippen LogP contribution in [-0.2, 0) is 20.6 Å². The third kappa shape index (κ3) is 2.79. The van der Waals surface area contributed by atoms with Gasteiger partial charge >= 0.3 is 7.12 Å². The number of benzene rings is 1. The van der Waals surface area contributed by atoms with Crippen molar-refractivity contribution in [2.24, 2.45) is 5.16 Å². The molecule has 4 nitrogen and oxygen atoms in total. The molecular formula is C17H23BFNO3. The van der Waals surface area contributed by atoms with Crippen LogP contribution in [0.25, 0.3) is 0 Å². The molecule has 0 amide bonds. The number of aryl methyl sites for hydroxylation is 1. The number of halogens is 1. The normalized spacial score (nSPS) is 23.4. The molecule has 6 heteroatoms. The molecule has 1 aliphatic carbocycles. The molecule has 1 saturated heterocycles. The number of fused-ring (bicyclic) bond motifs is 1. The standard InChI is InChI=1S/C17H23BFNO3/c1-6-21-20-14-8-7-11-9-12(10-13(19)15(11)14)18-22-16(2,3)17(4,5)23-18/h9-10H,6-8H2,1-5H3/b20-14+. The Bertz CT molecular complexity index is 641. The van der Waals surface area contributed by atoms with Crippen LogP contribution in [0.15, 0.2) is 17.3 Å². The smallest absolute Gasteiger partial charge is 0.399 e. The zero-order chi connectivity index (χ0) is 16.8. The van der Waals surface area contributed by atoms with E-state index < -0.39 is 18.3 Å². The fourth-order valence-electron chi connectivity index (χ4n) is 2.93. The van der Waals surface area contributed by atoms with Crippen LogP contribution < -0.4 is 5.46 Å². The summed E-state index contributed by atoms with van der Waals surface area (Å²) in [5.41, 5.74) is 2.04. The summed E-state index contributed by atoms with van der Waals surface area (Å²) in [4.78, 5) is 5.09. The minimum absolute atomic E-state index is 0.289. The van der Waals surface area contributed by atoms with Crippen LogP contribution >= 0.6 is 0 Å². The zero-order valence-electron chi connectivity index (χ0n) is 14.4. The van der Waals surface area contributed by atoms with E-state index in [4.69, 9.17) is 14.1 Å². The average Bonchev–Trinajstić information content (AvgIpc) is 2.95. The van der Waals surface area contributed by atoms with Crippen LogP contribution in [0.3, 0.4) is 0 Å². The molecular weight excluding hydrogens is 296 g/mol. The lowest BCUT2D eigenvalue weighted by molar-refractivity contribution is 0.00578. The van der Waals surface area contributed by atoms with Gasteiger partial charge in [0.25, 0.3) is 0 Å². The first kappa shape index (κ1) is 16.5.